The van der Waals surface area contributed by atoms with Crippen molar-refractivity contribution in [2.24, 2.45) is 5.10 Å². The zero-order valence-electron chi connectivity index (χ0n) is 25.3. The summed E-state index contributed by atoms with van der Waals surface area (Å²) in [6.45, 7) is 6.57. The number of aromatic nitrogens is 2. The van der Waals surface area contributed by atoms with Crippen LogP contribution >= 0.6 is 31.9 Å². The number of hydrogen-bond acceptors (Lipinski definition) is 5. The second-order valence-corrected chi connectivity index (χ2v) is 12.9. The first-order valence-corrected chi connectivity index (χ1v) is 16.2. The maximum Gasteiger partial charge on any atom is 0.282 e. The van der Waals surface area contributed by atoms with E-state index in [-0.39, 0.29) is 11.5 Å². The molecule has 45 heavy (non-hydrogen) atoms. The minimum Gasteiger partial charge on any atom is -0.496 e. The van der Waals surface area contributed by atoms with Crippen molar-refractivity contribution in [1.82, 2.24) is 9.66 Å². The van der Waals surface area contributed by atoms with Gasteiger partial charge in [0.1, 0.15) is 18.1 Å². The molecule has 6 rings (SSSR count). The summed E-state index contributed by atoms with van der Waals surface area (Å²) in [6.07, 6.45) is 1.71. The molecule has 0 radical (unpaired) electrons. The second-order valence-electron chi connectivity index (χ2n) is 11.1. The van der Waals surface area contributed by atoms with Crippen molar-refractivity contribution in [2.75, 3.05) is 7.11 Å². The molecule has 0 aliphatic rings. The van der Waals surface area contributed by atoms with Gasteiger partial charge < -0.3 is 9.47 Å². The van der Waals surface area contributed by atoms with Gasteiger partial charge in [-0.25, -0.2) is 4.98 Å². The third-order valence-electron chi connectivity index (χ3n) is 7.82. The zero-order chi connectivity index (χ0) is 31.7. The van der Waals surface area contributed by atoms with Gasteiger partial charge in [-0.05, 0) is 77.2 Å². The topological polar surface area (TPSA) is 65.7 Å². The highest BCUT2D eigenvalue weighted by Crippen LogP contribution is 2.34. The standard InChI is InChI=1S/C37H31Br2N3O3/c1-22(2)29-19-30(23(3)17-35(29)44-4)36-41-33-12-8-7-11-28(33)37(43)42(36)40-20-31-27-10-6-5-9-24(27)14-16-34(31)45-21-25-13-15-26(38)18-32(25)39/h5-20,22H,21H2,1-4H3. The van der Waals surface area contributed by atoms with E-state index in [1.54, 1.807) is 19.4 Å². The molecule has 5 aromatic carbocycles. The first kappa shape index (κ1) is 30.7. The molecule has 1 heterocycles. The smallest absolute Gasteiger partial charge is 0.282 e. The van der Waals surface area contributed by atoms with E-state index in [0.717, 1.165) is 53.3 Å². The van der Waals surface area contributed by atoms with Crippen LogP contribution in [0.5, 0.6) is 11.5 Å². The molecule has 0 saturated carbocycles. The number of rotatable bonds is 8. The van der Waals surface area contributed by atoms with Crippen LogP contribution in [0.15, 0.2) is 110 Å². The minimum atomic E-state index is -0.255. The van der Waals surface area contributed by atoms with E-state index < -0.39 is 0 Å². The predicted molar refractivity (Wildman–Crippen MR) is 190 cm³/mol. The van der Waals surface area contributed by atoms with Crippen LogP contribution in [0.3, 0.4) is 0 Å². The average molecular weight is 725 g/mol. The molecule has 6 nitrogen and oxygen atoms in total. The number of aryl methyl sites for hydroxylation is 1. The van der Waals surface area contributed by atoms with E-state index in [2.05, 4.69) is 51.8 Å². The zero-order valence-corrected chi connectivity index (χ0v) is 28.5. The Hall–Kier alpha value is -4.27. The van der Waals surface area contributed by atoms with Gasteiger partial charge in [0.25, 0.3) is 5.56 Å². The molecule has 6 aromatic rings. The summed E-state index contributed by atoms with van der Waals surface area (Å²) in [5.41, 5.74) is 4.89. The van der Waals surface area contributed by atoms with E-state index >= 15 is 0 Å². The van der Waals surface area contributed by atoms with Crippen molar-refractivity contribution in [3.63, 3.8) is 0 Å². The average Bonchev–Trinajstić information content (AvgIpc) is 3.04. The van der Waals surface area contributed by atoms with Gasteiger partial charge in [0.15, 0.2) is 5.82 Å². The van der Waals surface area contributed by atoms with Gasteiger partial charge in [-0.3, -0.25) is 4.79 Å². The fourth-order valence-electron chi connectivity index (χ4n) is 5.42. The van der Waals surface area contributed by atoms with Crippen LogP contribution in [0, 0.1) is 6.92 Å². The number of hydrogen-bond donors (Lipinski definition) is 0. The normalized spacial score (nSPS) is 11.6. The molecule has 0 unspecified atom stereocenters. The fraction of sp³-hybridized carbons (Fsp3) is 0.162. The molecule has 0 N–H and O–H groups in total. The highest BCUT2D eigenvalue weighted by atomic mass is 79.9. The largest absolute Gasteiger partial charge is 0.496 e. The molecule has 0 fully saturated rings. The molecule has 0 aliphatic heterocycles. The van der Waals surface area contributed by atoms with Crippen molar-refractivity contribution < 1.29 is 9.47 Å². The number of fused-ring (bicyclic) bond motifs is 2. The molecule has 0 saturated heterocycles. The summed E-state index contributed by atoms with van der Waals surface area (Å²) < 4.78 is 15.4. The summed E-state index contributed by atoms with van der Waals surface area (Å²) in [6, 6.07) is 29.4. The lowest BCUT2D eigenvalue weighted by Crippen LogP contribution is -2.21. The van der Waals surface area contributed by atoms with Crippen molar-refractivity contribution in [3.8, 4) is 22.9 Å². The van der Waals surface area contributed by atoms with Gasteiger partial charge in [-0.2, -0.15) is 9.78 Å². The number of methoxy groups -OCH3 is 1. The first-order valence-electron chi connectivity index (χ1n) is 14.6. The minimum absolute atomic E-state index is 0.199. The van der Waals surface area contributed by atoms with Gasteiger partial charge >= 0.3 is 0 Å². The van der Waals surface area contributed by atoms with E-state index in [9.17, 15) is 4.79 Å². The van der Waals surface area contributed by atoms with Crippen molar-refractivity contribution in [1.29, 1.82) is 0 Å². The van der Waals surface area contributed by atoms with Gasteiger partial charge in [0.2, 0.25) is 0 Å². The molecule has 1 aromatic heterocycles. The Balaban J connectivity index is 1.53. The van der Waals surface area contributed by atoms with Gasteiger partial charge in [0.05, 0.1) is 24.2 Å². The molecule has 0 amide bonds. The lowest BCUT2D eigenvalue weighted by Gasteiger charge is -2.17. The fourth-order valence-corrected chi connectivity index (χ4v) is 6.58. The van der Waals surface area contributed by atoms with Crippen LogP contribution in [-0.4, -0.2) is 23.0 Å². The van der Waals surface area contributed by atoms with E-state index in [1.165, 1.54) is 4.68 Å². The highest BCUT2D eigenvalue weighted by Gasteiger charge is 2.19. The molecular weight excluding hydrogens is 694 g/mol. The van der Waals surface area contributed by atoms with Crippen LogP contribution in [0.25, 0.3) is 33.1 Å². The van der Waals surface area contributed by atoms with Gasteiger partial charge in [-0.15, -0.1) is 0 Å². The Bertz CT molecular complexity index is 2150. The third-order valence-corrected chi connectivity index (χ3v) is 9.06. The van der Waals surface area contributed by atoms with E-state index in [1.807, 2.05) is 85.8 Å². The number of para-hydroxylation sites is 1. The molecular formula is C37H31Br2N3O3. The van der Waals surface area contributed by atoms with E-state index in [0.29, 0.717) is 29.1 Å². The van der Waals surface area contributed by atoms with Crippen LogP contribution < -0.4 is 15.0 Å². The maximum absolute atomic E-state index is 14.1. The Morgan fingerprint density at radius 2 is 1.67 bits per heavy atom. The highest BCUT2D eigenvalue weighted by molar-refractivity contribution is 9.11. The Labute approximate surface area is 278 Å². The van der Waals surface area contributed by atoms with Gasteiger partial charge in [-0.1, -0.05) is 94.2 Å². The monoisotopic (exact) mass is 723 g/mol. The molecule has 0 atom stereocenters. The molecule has 0 bridgehead atoms. The summed E-state index contributed by atoms with van der Waals surface area (Å²) in [4.78, 5) is 19.0. The molecule has 226 valence electrons. The number of halogens is 2. The van der Waals surface area contributed by atoms with Crippen LogP contribution in [-0.2, 0) is 6.61 Å². The Kier molecular flexibility index (Phi) is 8.88. The predicted octanol–water partition coefficient (Wildman–Crippen LogP) is 9.64. The first-order chi connectivity index (χ1) is 21.7. The summed E-state index contributed by atoms with van der Waals surface area (Å²) in [5, 5.41) is 7.33. The lowest BCUT2D eigenvalue weighted by atomic mass is 9.96. The van der Waals surface area contributed by atoms with Crippen LogP contribution in [0.4, 0.5) is 0 Å². The van der Waals surface area contributed by atoms with Gasteiger partial charge in [0, 0.05) is 25.6 Å². The second kappa shape index (κ2) is 13.0. The molecule has 0 aliphatic carbocycles. The van der Waals surface area contributed by atoms with Crippen LogP contribution in [0.1, 0.15) is 42.0 Å². The van der Waals surface area contributed by atoms with E-state index in [4.69, 9.17) is 19.6 Å². The number of nitrogens with zero attached hydrogens (tertiary/aromatic N) is 3. The van der Waals surface area contributed by atoms with Crippen molar-refractivity contribution >= 4 is 59.7 Å². The third kappa shape index (κ3) is 6.17. The quantitative estimate of drug-likeness (QED) is 0.147. The lowest BCUT2D eigenvalue weighted by molar-refractivity contribution is 0.305. The number of ether oxygens (including phenoxy) is 2. The Morgan fingerprint density at radius 1 is 0.911 bits per heavy atom. The SMILES string of the molecule is COc1cc(C)c(-c2nc3ccccc3c(=O)n2N=Cc2c(OCc3ccc(Br)cc3Br)ccc3ccccc23)cc1C(C)C. The molecule has 8 heteroatoms. The van der Waals surface area contributed by atoms with Crippen molar-refractivity contribution in [3.05, 3.63) is 133 Å². The molecule has 0 spiro atoms. The summed E-state index contributed by atoms with van der Waals surface area (Å²) >= 11 is 7.15. The Morgan fingerprint density at radius 3 is 2.42 bits per heavy atom. The maximum atomic E-state index is 14.1. The van der Waals surface area contributed by atoms with Crippen molar-refractivity contribution in [2.45, 2.75) is 33.3 Å². The van der Waals surface area contributed by atoms with Crippen LogP contribution in [0.2, 0.25) is 0 Å². The number of benzene rings is 5. The summed E-state index contributed by atoms with van der Waals surface area (Å²) in [5.74, 6) is 2.11. The summed E-state index contributed by atoms with van der Waals surface area (Å²) in [7, 11) is 1.67.